The van der Waals surface area contributed by atoms with Crippen LogP contribution in [0.2, 0.25) is 5.02 Å². The maximum Gasteiger partial charge on any atom is 0.321 e. The fourth-order valence-electron chi connectivity index (χ4n) is 2.91. The van der Waals surface area contributed by atoms with Crippen molar-refractivity contribution < 1.29 is 14.7 Å². The minimum atomic E-state index is -0.936. The number of H-pyrrole nitrogens is 1. The molecule has 0 aliphatic rings. The lowest BCUT2D eigenvalue weighted by molar-refractivity contribution is -0.139. The Morgan fingerprint density at radius 2 is 1.85 bits per heavy atom. The molecule has 0 saturated carbocycles. The first kappa shape index (κ1) is 18.2. The summed E-state index contributed by atoms with van der Waals surface area (Å²) < 4.78 is 0. The maximum absolute atomic E-state index is 12.2. The summed E-state index contributed by atoms with van der Waals surface area (Å²) in [7, 11) is 0. The van der Waals surface area contributed by atoms with E-state index >= 15 is 0 Å². The number of nitrogens with one attached hydrogen (secondary N) is 2. The number of hydrogen-bond acceptors (Lipinski definition) is 3. The van der Waals surface area contributed by atoms with Crippen LogP contribution in [-0.4, -0.2) is 34.4 Å². The highest BCUT2D eigenvalue weighted by atomic mass is 35.5. The topological polar surface area (TPSA) is 82.2 Å². The van der Waals surface area contributed by atoms with Crippen molar-refractivity contribution in [3.8, 4) is 0 Å². The first-order chi connectivity index (χ1) is 12.5. The summed E-state index contributed by atoms with van der Waals surface area (Å²) in [5, 5.41) is 14.0. The van der Waals surface area contributed by atoms with Crippen LogP contribution in [0.1, 0.15) is 22.3 Å². The van der Waals surface area contributed by atoms with Gasteiger partial charge in [0.15, 0.2) is 5.78 Å². The van der Waals surface area contributed by atoms with Gasteiger partial charge in [0.1, 0.15) is 6.04 Å². The van der Waals surface area contributed by atoms with E-state index in [0.717, 1.165) is 16.5 Å². The van der Waals surface area contributed by atoms with E-state index in [4.69, 9.17) is 11.6 Å². The van der Waals surface area contributed by atoms with E-state index < -0.39 is 12.0 Å². The van der Waals surface area contributed by atoms with Crippen molar-refractivity contribution in [3.05, 3.63) is 70.9 Å². The zero-order valence-electron chi connectivity index (χ0n) is 14.0. The van der Waals surface area contributed by atoms with Gasteiger partial charge in [-0.1, -0.05) is 29.8 Å². The molecule has 0 unspecified atom stereocenters. The number of benzene rings is 2. The quantitative estimate of drug-likeness (QED) is 0.528. The number of carbonyl (C=O) groups is 2. The number of carboxylic acid groups (broad SMARTS) is 1. The smallest absolute Gasteiger partial charge is 0.321 e. The number of ketones is 1. The molecular weight excluding hydrogens is 352 g/mol. The SMILES string of the molecule is O=C(CCN[C@@H](Cc1c[nH]c2ccccc12)C(=O)O)c1ccc(Cl)cc1. The molecule has 0 aliphatic carbocycles. The molecule has 3 rings (SSSR count). The molecule has 0 spiro atoms. The summed E-state index contributed by atoms with van der Waals surface area (Å²) in [6.07, 6.45) is 2.40. The molecule has 26 heavy (non-hydrogen) atoms. The molecule has 3 aromatic rings. The standard InChI is InChI=1S/C20H19ClN2O3/c21-15-7-5-13(6-8-15)19(24)9-10-22-18(20(25)26)11-14-12-23-17-4-2-1-3-16(14)17/h1-8,12,18,22-23H,9-11H2,(H,25,26)/t18-/m0/s1. The average molecular weight is 371 g/mol. The molecule has 5 nitrogen and oxygen atoms in total. The van der Waals surface area contributed by atoms with Crippen molar-refractivity contribution >= 4 is 34.3 Å². The highest BCUT2D eigenvalue weighted by Crippen LogP contribution is 2.19. The number of para-hydroxylation sites is 1. The number of rotatable bonds is 8. The van der Waals surface area contributed by atoms with Crippen LogP contribution in [0.15, 0.2) is 54.7 Å². The van der Waals surface area contributed by atoms with E-state index in [2.05, 4.69) is 10.3 Å². The molecule has 1 aromatic heterocycles. The van der Waals surface area contributed by atoms with E-state index in [0.29, 0.717) is 23.6 Å². The summed E-state index contributed by atoms with van der Waals surface area (Å²) in [4.78, 5) is 26.9. The molecule has 0 fully saturated rings. The number of carbonyl (C=O) groups excluding carboxylic acids is 1. The lowest BCUT2D eigenvalue weighted by Gasteiger charge is -2.14. The third-order valence-electron chi connectivity index (χ3n) is 4.31. The lowest BCUT2D eigenvalue weighted by Crippen LogP contribution is -2.39. The molecule has 3 N–H and O–H groups in total. The van der Waals surface area contributed by atoms with Gasteiger partial charge in [0.05, 0.1) is 0 Å². The van der Waals surface area contributed by atoms with Crippen molar-refractivity contribution in [2.45, 2.75) is 18.9 Å². The fraction of sp³-hybridized carbons (Fsp3) is 0.200. The molecule has 0 saturated heterocycles. The summed E-state index contributed by atoms with van der Waals surface area (Å²) in [6.45, 7) is 0.292. The molecular formula is C20H19ClN2O3. The van der Waals surface area contributed by atoms with Crippen molar-refractivity contribution in [2.75, 3.05) is 6.54 Å². The summed E-state index contributed by atoms with van der Waals surface area (Å²) in [5.41, 5.74) is 2.48. The summed E-state index contributed by atoms with van der Waals surface area (Å²) >= 11 is 5.81. The van der Waals surface area contributed by atoms with Gasteiger partial charge in [-0.2, -0.15) is 0 Å². The van der Waals surface area contributed by atoms with Crippen LogP contribution < -0.4 is 5.32 Å². The molecule has 1 atom stereocenters. The first-order valence-corrected chi connectivity index (χ1v) is 8.72. The number of halogens is 1. The molecule has 0 radical (unpaired) electrons. The predicted octanol–water partition coefficient (Wildman–Crippen LogP) is 3.68. The Bertz CT molecular complexity index is 918. The van der Waals surface area contributed by atoms with Crippen molar-refractivity contribution in [2.24, 2.45) is 0 Å². The second-order valence-electron chi connectivity index (χ2n) is 6.09. The van der Waals surface area contributed by atoms with E-state index in [9.17, 15) is 14.7 Å². The number of fused-ring (bicyclic) bond motifs is 1. The fourth-order valence-corrected chi connectivity index (χ4v) is 3.03. The Labute approximate surface area is 156 Å². The third-order valence-corrected chi connectivity index (χ3v) is 4.56. The van der Waals surface area contributed by atoms with Crippen molar-refractivity contribution in [3.63, 3.8) is 0 Å². The van der Waals surface area contributed by atoms with Crippen LogP contribution in [0.5, 0.6) is 0 Å². The summed E-state index contributed by atoms with van der Waals surface area (Å²) in [5.74, 6) is -0.986. The number of aromatic amines is 1. The normalized spacial score (nSPS) is 12.2. The molecule has 6 heteroatoms. The average Bonchev–Trinajstić information content (AvgIpc) is 3.04. The highest BCUT2D eigenvalue weighted by molar-refractivity contribution is 6.30. The van der Waals surface area contributed by atoms with Crippen LogP contribution in [0.25, 0.3) is 10.9 Å². The van der Waals surface area contributed by atoms with Gasteiger partial charge in [-0.25, -0.2) is 0 Å². The Balaban J connectivity index is 1.59. The summed E-state index contributed by atoms with van der Waals surface area (Å²) in [6, 6.07) is 13.7. The Kier molecular flexibility index (Phi) is 5.71. The third kappa shape index (κ3) is 4.31. The van der Waals surface area contributed by atoms with Gasteiger partial charge in [-0.15, -0.1) is 0 Å². The Morgan fingerprint density at radius 1 is 1.12 bits per heavy atom. The van der Waals surface area contributed by atoms with E-state index in [-0.39, 0.29) is 12.2 Å². The van der Waals surface area contributed by atoms with Crippen molar-refractivity contribution in [1.29, 1.82) is 0 Å². The lowest BCUT2D eigenvalue weighted by atomic mass is 10.0. The second-order valence-corrected chi connectivity index (χ2v) is 6.53. The minimum Gasteiger partial charge on any atom is -0.480 e. The largest absolute Gasteiger partial charge is 0.480 e. The van der Waals surface area contributed by atoms with Gasteiger partial charge in [0.25, 0.3) is 0 Å². The number of aliphatic carboxylic acids is 1. The van der Waals surface area contributed by atoms with Crippen molar-refractivity contribution in [1.82, 2.24) is 10.3 Å². The van der Waals surface area contributed by atoms with E-state index in [1.807, 2.05) is 30.5 Å². The molecule has 1 heterocycles. The zero-order chi connectivity index (χ0) is 18.5. The van der Waals surface area contributed by atoms with Crippen LogP contribution in [0.4, 0.5) is 0 Å². The molecule has 0 bridgehead atoms. The van der Waals surface area contributed by atoms with Crippen LogP contribution >= 0.6 is 11.6 Å². The van der Waals surface area contributed by atoms with E-state index in [1.54, 1.807) is 24.3 Å². The zero-order valence-corrected chi connectivity index (χ0v) is 14.8. The van der Waals surface area contributed by atoms with Gasteiger partial charge < -0.3 is 15.4 Å². The van der Waals surface area contributed by atoms with Gasteiger partial charge in [0.2, 0.25) is 0 Å². The van der Waals surface area contributed by atoms with Crippen LogP contribution in [-0.2, 0) is 11.2 Å². The number of Topliss-reactive ketones (excluding diaryl/α,β-unsaturated/α-hetero) is 1. The van der Waals surface area contributed by atoms with Gasteiger partial charge in [-0.05, 0) is 35.9 Å². The van der Waals surface area contributed by atoms with E-state index in [1.165, 1.54) is 0 Å². The predicted molar refractivity (Wildman–Crippen MR) is 102 cm³/mol. The van der Waals surface area contributed by atoms with Gasteiger partial charge in [0, 0.05) is 47.1 Å². The molecule has 0 aliphatic heterocycles. The Morgan fingerprint density at radius 3 is 2.58 bits per heavy atom. The molecule has 2 aromatic carbocycles. The molecule has 0 amide bonds. The number of hydrogen-bond donors (Lipinski definition) is 3. The highest BCUT2D eigenvalue weighted by Gasteiger charge is 2.19. The van der Waals surface area contributed by atoms with Crippen LogP contribution in [0, 0.1) is 0 Å². The first-order valence-electron chi connectivity index (χ1n) is 8.34. The Hall–Kier alpha value is -2.63. The monoisotopic (exact) mass is 370 g/mol. The minimum absolute atomic E-state index is 0.0506. The van der Waals surface area contributed by atoms with Gasteiger partial charge in [-0.3, -0.25) is 9.59 Å². The number of aromatic nitrogens is 1. The maximum atomic E-state index is 12.2. The van der Waals surface area contributed by atoms with Crippen LogP contribution in [0.3, 0.4) is 0 Å². The van der Waals surface area contributed by atoms with Gasteiger partial charge >= 0.3 is 5.97 Å². The second kappa shape index (κ2) is 8.17. The number of carboxylic acids is 1. The molecule has 134 valence electrons.